The van der Waals surface area contributed by atoms with E-state index in [0.29, 0.717) is 12.3 Å². The van der Waals surface area contributed by atoms with Gasteiger partial charge in [-0.15, -0.1) is 0 Å². The number of carbonyl (C=O) groups excluding carboxylic acids is 1. The third kappa shape index (κ3) is 6.35. The van der Waals surface area contributed by atoms with Crippen molar-refractivity contribution in [2.24, 2.45) is 5.92 Å². The Balaban J connectivity index is 1.68. The predicted molar refractivity (Wildman–Crippen MR) is 115 cm³/mol. The minimum Gasteiger partial charge on any atom is -0.497 e. The number of hydrogen-bond acceptors (Lipinski definition) is 5. The Labute approximate surface area is 186 Å². The first-order valence-electron chi connectivity index (χ1n) is 11.0. The van der Waals surface area contributed by atoms with Crippen LogP contribution in [0.15, 0.2) is 29.6 Å². The Bertz CT molecular complexity index is 839. The summed E-state index contributed by atoms with van der Waals surface area (Å²) in [6, 6.07) is 0.851. The molecule has 3 rings (SSSR count). The van der Waals surface area contributed by atoms with Crippen LogP contribution in [-0.2, 0) is 17.5 Å². The van der Waals surface area contributed by atoms with E-state index in [1.807, 2.05) is 19.2 Å². The number of carbonyl (C=O) groups is 1. The summed E-state index contributed by atoms with van der Waals surface area (Å²) in [6.07, 6.45) is 2.53. The lowest BCUT2D eigenvalue weighted by atomic mass is 9.97. The maximum absolute atomic E-state index is 13.3. The lowest BCUT2D eigenvalue weighted by Crippen LogP contribution is -2.39. The molecule has 1 aromatic heterocycles. The Kier molecular flexibility index (Phi) is 8.36. The van der Waals surface area contributed by atoms with Gasteiger partial charge in [0.15, 0.2) is 5.69 Å². The molecule has 2 heterocycles. The molecule has 0 atom stereocenters. The second kappa shape index (κ2) is 11.0. The van der Waals surface area contributed by atoms with Crippen LogP contribution < -0.4 is 10.6 Å². The number of rotatable bonds is 9. The van der Waals surface area contributed by atoms with Crippen LogP contribution in [-0.4, -0.2) is 67.5 Å². The Hall–Kier alpha value is -2.33. The number of likely N-dealkylation sites (N-methyl/N-ethyl adjacent to an activating group) is 1. The third-order valence-corrected chi connectivity index (χ3v) is 6.03. The number of nitrogens with zero attached hydrogens (tertiary/aromatic N) is 3. The highest BCUT2D eigenvalue weighted by molar-refractivity contribution is 5.92. The molecule has 178 valence electrons. The van der Waals surface area contributed by atoms with Crippen molar-refractivity contribution in [2.75, 3.05) is 46.9 Å². The SMILES string of the molecule is CNCCN1CCC(Cn2nc(C(F)(F)F)cc2C(=O)NCC2=C(OC)C=CCC2)CC1. The van der Waals surface area contributed by atoms with Crippen LogP contribution in [0.5, 0.6) is 0 Å². The molecule has 0 unspecified atom stereocenters. The van der Waals surface area contributed by atoms with Crippen molar-refractivity contribution in [3.05, 3.63) is 40.9 Å². The molecule has 0 aromatic carbocycles. The van der Waals surface area contributed by atoms with Gasteiger partial charge >= 0.3 is 6.18 Å². The third-order valence-electron chi connectivity index (χ3n) is 6.03. The van der Waals surface area contributed by atoms with Crippen molar-refractivity contribution in [2.45, 2.75) is 38.4 Å². The molecule has 0 bridgehead atoms. The lowest BCUT2D eigenvalue weighted by Gasteiger charge is -2.32. The molecule has 32 heavy (non-hydrogen) atoms. The van der Waals surface area contributed by atoms with E-state index in [1.165, 1.54) is 4.68 Å². The molecule has 1 fully saturated rings. The molecule has 2 aliphatic rings. The molecule has 0 radical (unpaired) electrons. The second-order valence-corrected chi connectivity index (χ2v) is 8.28. The van der Waals surface area contributed by atoms with E-state index in [0.717, 1.165) is 63.5 Å². The van der Waals surface area contributed by atoms with Crippen LogP contribution in [0.2, 0.25) is 0 Å². The number of amides is 1. The van der Waals surface area contributed by atoms with Gasteiger partial charge in [0.1, 0.15) is 11.5 Å². The van der Waals surface area contributed by atoms with Crippen molar-refractivity contribution in [1.29, 1.82) is 0 Å². The molecular weight excluding hydrogens is 423 g/mol. The molecule has 1 amide bonds. The summed E-state index contributed by atoms with van der Waals surface area (Å²) in [4.78, 5) is 15.2. The van der Waals surface area contributed by atoms with Gasteiger partial charge in [0.2, 0.25) is 0 Å². The zero-order valence-corrected chi connectivity index (χ0v) is 18.7. The van der Waals surface area contributed by atoms with Crippen molar-refractivity contribution in [3.63, 3.8) is 0 Å². The van der Waals surface area contributed by atoms with Crippen LogP contribution in [0.25, 0.3) is 0 Å². The van der Waals surface area contributed by atoms with Crippen molar-refractivity contribution in [1.82, 2.24) is 25.3 Å². The van der Waals surface area contributed by atoms with E-state index in [-0.39, 0.29) is 18.2 Å². The zero-order valence-electron chi connectivity index (χ0n) is 18.7. The highest BCUT2D eigenvalue weighted by Crippen LogP contribution is 2.29. The number of allylic oxidation sites excluding steroid dienone is 2. The number of methoxy groups -OCH3 is 1. The molecule has 1 aliphatic carbocycles. The van der Waals surface area contributed by atoms with Gasteiger partial charge in [-0.1, -0.05) is 6.08 Å². The van der Waals surface area contributed by atoms with Crippen molar-refractivity contribution >= 4 is 5.91 Å². The monoisotopic (exact) mass is 455 g/mol. The maximum Gasteiger partial charge on any atom is 0.435 e. The number of halogens is 3. The van der Waals surface area contributed by atoms with Crippen molar-refractivity contribution in [3.8, 4) is 0 Å². The minimum atomic E-state index is -4.60. The van der Waals surface area contributed by atoms with E-state index in [1.54, 1.807) is 7.11 Å². The highest BCUT2D eigenvalue weighted by atomic mass is 19.4. The molecular formula is C22H32F3N5O2. The summed E-state index contributed by atoms with van der Waals surface area (Å²) in [7, 11) is 3.47. The van der Waals surface area contributed by atoms with Gasteiger partial charge in [-0.3, -0.25) is 9.48 Å². The van der Waals surface area contributed by atoms with Gasteiger partial charge in [-0.25, -0.2) is 0 Å². The largest absolute Gasteiger partial charge is 0.497 e. The zero-order chi connectivity index (χ0) is 23.1. The molecule has 0 saturated carbocycles. The first kappa shape index (κ1) is 24.3. The van der Waals surface area contributed by atoms with Gasteiger partial charge in [0.05, 0.1) is 7.11 Å². The summed E-state index contributed by atoms with van der Waals surface area (Å²) < 4.78 is 46.5. The topological polar surface area (TPSA) is 71.4 Å². The maximum atomic E-state index is 13.3. The standard InChI is InChI=1S/C22H32F3N5O2/c1-26-9-12-29-10-7-16(8-11-29)15-30-18(13-20(28-30)22(23,24)25)21(31)27-14-17-5-3-4-6-19(17)32-2/h4,6,13,16,26H,3,5,7-12,14-15H2,1-2H3,(H,27,31). The molecule has 1 aliphatic heterocycles. The Morgan fingerprint density at radius 2 is 2.06 bits per heavy atom. The average molecular weight is 456 g/mol. The van der Waals surface area contributed by atoms with Gasteiger partial charge in [-0.2, -0.15) is 18.3 Å². The van der Waals surface area contributed by atoms with Crippen LogP contribution in [0, 0.1) is 5.92 Å². The molecule has 10 heteroatoms. The van der Waals surface area contributed by atoms with E-state index in [4.69, 9.17) is 4.74 Å². The Morgan fingerprint density at radius 3 is 2.72 bits per heavy atom. The fourth-order valence-electron chi connectivity index (χ4n) is 4.14. The highest BCUT2D eigenvalue weighted by Gasteiger charge is 2.36. The smallest absolute Gasteiger partial charge is 0.435 e. The van der Waals surface area contributed by atoms with Crippen LogP contribution in [0.1, 0.15) is 41.9 Å². The minimum absolute atomic E-state index is 0.0548. The summed E-state index contributed by atoms with van der Waals surface area (Å²) in [5.74, 6) is 0.308. The van der Waals surface area contributed by atoms with Crippen LogP contribution in [0.3, 0.4) is 0 Å². The second-order valence-electron chi connectivity index (χ2n) is 8.28. The average Bonchev–Trinajstić information content (AvgIpc) is 3.21. The summed E-state index contributed by atoms with van der Waals surface area (Å²) in [5.41, 5.74) is -0.174. The molecule has 1 saturated heterocycles. The van der Waals surface area contributed by atoms with Gasteiger partial charge in [0, 0.05) is 32.2 Å². The van der Waals surface area contributed by atoms with E-state index >= 15 is 0 Å². The number of ether oxygens (including phenoxy) is 1. The molecule has 2 N–H and O–H groups in total. The number of aromatic nitrogens is 2. The van der Waals surface area contributed by atoms with Gasteiger partial charge < -0.3 is 20.3 Å². The van der Waals surface area contributed by atoms with Gasteiger partial charge in [0.25, 0.3) is 5.91 Å². The number of alkyl halides is 3. The van der Waals surface area contributed by atoms with Crippen molar-refractivity contribution < 1.29 is 22.7 Å². The first-order valence-corrected chi connectivity index (χ1v) is 11.0. The lowest BCUT2D eigenvalue weighted by molar-refractivity contribution is -0.141. The Morgan fingerprint density at radius 1 is 1.31 bits per heavy atom. The fraction of sp³-hybridized carbons (Fsp3) is 0.636. The number of hydrogen-bond donors (Lipinski definition) is 2. The predicted octanol–water partition coefficient (Wildman–Crippen LogP) is 2.81. The fourth-order valence-corrected chi connectivity index (χ4v) is 4.14. The van der Waals surface area contributed by atoms with E-state index in [2.05, 4.69) is 20.6 Å². The van der Waals surface area contributed by atoms with Crippen LogP contribution >= 0.6 is 0 Å². The molecule has 1 aromatic rings. The van der Waals surface area contributed by atoms with Crippen LogP contribution in [0.4, 0.5) is 13.2 Å². The van der Waals surface area contributed by atoms with E-state index in [9.17, 15) is 18.0 Å². The summed E-state index contributed by atoms with van der Waals surface area (Å²) >= 11 is 0. The summed E-state index contributed by atoms with van der Waals surface area (Å²) in [5, 5.41) is 9.63. The number of piperidine rings is 1. The number of nitrogens with one attached hydrogen (secondary N) is 2. The molecule has 7 nitrogen and oxygen atoms in total. The molecule has 0 spiro atoms. The quantitative estimate of drug-likeness (QED) is 0.599. The normalized spacial score (nSPS) is 18.3. The summed E-state index contributed by atoms with van der Waals surface area (Å²) in [6.45, 7) is 4.16. The first-order chi connectivity index (χ1) is 15.3. The number of likely N-dealkylation sites (tertiary alicyclic amines) is 1. The van der Waals surface area contributed by atoms with E-state index < -0.39 is 17.8 Å². The van der Waals surface area contributed by atoms with Gasteiger partial charge in [-0.05, 0) is 63.4 Å².